The van der Waals surface area contributed by atoms with E-state index in [-0.39, 0.29) is 12.4 Å². The van der Waals surface area contributed by atoms with Crippen molar-refractivity contribution in [1.29, 1.82) is 0 Å². The molecule has 1 fully saturated rings. The van der Waals surface area contributed by atoms with Gasteiger partial charge in [-0.3, -0.25) is 4.90 Å². The van der Waals surface area contributed by atoms with Crippen molar-refractivity contribution in [2.45, 2.75) is 32.2 Å². The number of benzene rings is 1. The Morgan fingerprint density at radius 3 is 2.44 bits per heavy atom. The second kappa shape index (κ2) is 6.48. The van der Waals surface area contributed by atoms with Crippen LogP contribution in [0.25, 0.3) is 0 Å². The molecular formula is C13H19Cl2N. The quantitative estimate of drug-likeness (QED) is 0.782. The summed E-state index contributed by atoms with van der Waals surface area (Å²) in [5.74, 6) is 0. The predicted molar refractivity (Wildman–Crippen MR) is 72.5 cm³/mol. The third kappa shape index (κ3) is 2.91. The molecule has 1 aliphatic rings. The number of hydrogen-bond acceptors (Lipinski definition) is 1. The fourth-order valence-electron chi connectivity index (χ4n) is 2.47. The van der Waals surface area contributed by atoms with Crippen LogP contribution in [0.4, 0.5) is 0 Å². The third-order valence-corrected chi connectivity index (χ3v) is 3.58. The molecule has 1 aromatic rings. The minimum Gasteiger partial charge on any atom is -0.296 e. The highest BCUT2D eigenvalue weighted by Crippen LogP contribution is 2.32. The Morgan fingerprint density at radius 2 is 1.88 bits per heavy atom. The van der Waals surface area contributed by atoms with E-state index in [4.69, 9.17) is 11.6 Å². The van der Waals surface area contributed by atoms with E-state index in [2.05, 4.69) is 24.0 Å². The van der Waals surface area contributed by atoms with Crippen LogP contribution < -0.4 is 0 Å². The van der Waals surface area contributed by atoms with Gasteiger partial charge in [0.2, 0.25) is 0 Å². The number of halogens is 2. The molecule has 0 amide bonds. The minimum absolute atomic E-state index is 0. The molecule has 0 aliphatic carbocycles. The molecule has 90 valence electrons. The Labute approximate surface area is 109 Å². The lowest BCUT2D eigenvalue weighted by atomic mass is 10.0. The van der Waals surface area contributed by atoms with Gasteiger partial charge in [-0.1, -0.05) is 36.7 Å². The van der Waals surface area contributed by atoms with Gasteiger partial charge in [-0.25, -0.2) is 0 Å². The van der Waals surface area contributed by atoms with E-state index in [1.165, 1.54) is 31.5 Å². The van der Waals surface area contributed by atoms with E-state index < -0.39 is 0 Å². The third-order valence-electron chi connectivity index (χ3n) is 3.23. The van der Waals surface area contributed by atoms with Crippen LogP contribution >= 0.6 is 24.0 Å². The Bertz CT molecular complexity index is 321. The summed E-state index contributed by atoms with van der Waals surface area (Å²) in [5.41, 5.74) is 1.29. The highest BCUT2D eigenvalue weighted by molar-refractivity contribution is 6.31. The summed E-state index contributed by atoms with van der Waals surface area (Å²) < 4.78 is 0. The van der Waals surface area contributed by atoms with E-state index in [1.54, 1.807) is 0 Å². The van der Waals surface area contributed by atoms with Gasteiger partial charge in [-0.05, 0) is 44.0 Å². The Hall–Kier alpha value is -0.240. The van der Waals surface area contributed by atoms with Gasteiger partial charge in [0, 0.05) is 11.1 Å². The molecule has 1 nitrogen and oxygen atoms in total. The second-order valence-electron chi connectivity index (χ2n) is 4.19. The molecule has 0 radical (unpaired) electrons. The first-order valence-electron chi connectivity index (χ1n) is 5.81. The van der Waals surface area contributed by atoms with Crippen LogP contribution in [0.5, 0.6) is 0 Å². The van der Waals surface area contributed by atoms with Crippen LogP contribution in [-0.4, -0.2) is 18.0 Å². The van der Waals surface area contributed by atoms with E-state index in [0.29, 0.717) is 6.04 Å². The Morgan fingerprint density at radius 1 is 1.25 bits per heavy atom. The topological polar surface area (TPSA) is 3.24 Å². The van der Waals surface area contributed by atoms with Crippen LogP contribution in [0.2, 0.25) is 5.02 Å². The van der Waals surface area contributed by atoms with Gasteiger partial charge < -0.3 is 0 Å². The summed E-state index contributed by atoms with van der Waals surface area (Å²) in [4.78, 5) is 2.56. The van der Waals surface area contributed by atoms with Gasteiger partial charge in [0.1, 0.15) is 0 Å². The Kier molecular flexibility index (Phi) is 5.60. The molecule has 0 spiro atoms. The maximum atomic E-state index is 6.25. The lowest BCUT2D eigenvalue weighted by Gasteiger charge is -2.27. The Balaban J connectivity index is 0.00000128. The normalized spacial score (nSPS) is 18.1. The number of rotatable bonds is 3. The maximum absolute atomic E-state index is 6.25. The van der Waals surface area contributed by atoms with E-state index >= 15 is 0 Å². The summed E-state index contributed by atoms with van der Waals surface area (Å²) >= 11 is 6.25. The van der Waals surface area contributed by atoms with Crippen LogP contribution in [0.3, 0.4) is 0 Å². The van der Waals surface area contributed by atoms with Gasteiger partial charge >= 0.3 is 0 Å². The molecule has 0 saturated carbocycles. The van der Waals surface area contributed by atoms with Crippen LogP contribution in [0.1, 0.15) is 37.8 Å². The van der Waals surface area contributed by atoms with Gasteiger partial charge in [0.05, 0.1) is 0 Å². The van der Waals surface area contributed by atoms with Crippen molar-refractivity contribution >= 4 is 24.0 Å². The van der Waals surface area contributed by atoms with Crippen LogP contribution in [-0.2, 0) is 0 Å². The average molecular weight is 260 g/mol. The van der Waals surface area contributed by atoms with Crippen LogP contribution in [0, 0.1) is 0 Å². The van der Waals surface area contributed by atoms with Crippen molar-refractivity contribution in [1.82, 2.24) is 4.90 Å². The van der Waals surface area contributed by atoms with Gasteiger partial charge in [0.15, 0.2) is 0 Å². The van der Waals surface area contributed by atoms with E-state index in [1.807, 2.05) is 12.1 Å². The summed E-state index contributed by atoms with van der Waals surface area (Å²) in [6.45, 7) is 4.69. The van der Waals surface area contributed by atoms with Crippen LogP contribution in [0.15, 0.2) is 24.3 Å². The predicted octanol–water partition coefficient (Wildman–Crippen LogP) is 4.31. The molecule has 1 heterocycles. The zero-order chi connectivity index (χ0) is 10.7. The lowest BCUT2D eigenvalue weighted by molar-refractivity contribution is 0.239. The van der Waals surface area contributed by atoms with Gasteiger partial charge in [0.25, 0.3) is 0 Å². The van der Waals surface area contributed by atoms with Gasteiger partial charge in [-0.15, -0.1) is 12.4 Å². The number of nitrogens with zero attached hydrogens (tertiary/aromatic N) is 1. The average Bonchev–Trinajstić information content (AvgIpc) is 2.75. The monoisotopic (exact) mass is 259 g/mol. The number of hydrogen-bond donors (Lipinski definition) is 0. The first-order chi connectivity index (χ1) is 7.33. The lowest BCUT2D eigenvalue weighted by Crippen LogP contribution is -2.25. The summed E-state index contributed by atoms with van der Waals surface area (Å²) in [5, 5.41) is 0.913. The molecule has 0 aromatic heterocycles. The fourth-order valence-corrected chi connectivity index (χ4v) is 2.74. The molecule has 1 aliphatic heterocycles. The molecule has 3 heteroatoms. The first-order valence-corrected chi connectivity index (χ1v) is 6.19. The molecule has 1 aromatic carbocycles. The van der Waals surface area contributed by atoms with E-state index in [9.17, 15) is 0 Å². The summed E-state index contributed by atoms with van der Waals surface area (Å²) in [6, 6.07) is 8.76. The maximum Gasteiger partial charge on any atom is 0.0453 e. The summed E-state index contributed by atoms with van der Waals surface area (Å²) in [6.07, 6.45) is 3.81. The van der Waals surface area contributed by atoms with Crippen molar-refractivity contribution in [3.63, 3.8) is 0 Å². The van der Waals surface area contributed by atoms with Crippen molar-refractivity contribution in [2.75, 3.05) is 13.1 Å². The minimum atomic E-state index is 0. The molecule has 0 N–H and O–H groups in total. The zero-order valence-corrected chi connectivity index (χ0v) is 11.2. The van der Waals surface area contributed by atoms with Crippen molar-refractivity contribution < 1.29 is 0 Å². The SMILES string of the molecule is CCC(c1ccccc1Cl)N1CCCC1.Cl. The summed E-state index contributed by atoms with van der Waals surface area (Å²) in [7, 11) is 0. The molecular weight excluding hydrogens is 241 g/mol. The highest BCUT2D eigenvalue weighted by atomic mass is 35.5. The fraction of sp³-hybridized carbons (Fsp3) is 0.538. The van der Waals surface area contributed by atoms with Gasteiger partial charge in [-0.2, -0.15) is 0 Å². The van der Waals surface area contributed by atoms with Crippen molar-refractivity contribution in [3.05, 3.63) is 34.9 Å². The highest BCUT2D eigenvalue weighted by Gasteiger charge is 2.23. The first kappa shape index (κ1) is 13.8. The van der Waals surface area contributed by atoms with E-state index in [0.717, 1.165) is 11.4 Å². The smallest absolute Gasteiger partial charge is 0.0453 e. The molecule has 2 rings (SSSR count). The molecule has 1 saturated heterocycles. The largest absolute Gasteiger partial charge is 0.296 e. The second-order valence-corrected chi connectivity index (χ2v) is 4.60. The number of likely N-dealkylation sites (tertiary alicyclic amines) is 1. The molecule has 0 bridgehead atoms. The van der Waals surface area contributed by atoms with Crippen molar-refractivity contribution in [2.24, 2.45) is 0 Å². The zero-order valence-electron chi connectivity index (χ0n) is 9.66. The molecule has 1 unspecified atom stereocenters. The molecule has 1 atom stereocenters. The standard InChI is InChI=1S/C13H18ClN.ClH/c1-2-13(15-9-5-6-10-15)11-7-3-4-8-12(11)14;/h3-4,7-8,13H,2,5-6,9-10H2,1H3;1H. The van der Waals surface area contributed by atoms with Crippen molar-refractivity contribution in [3.8, 4) is 0 Å². The molecule has 16 heavy (non-hydrogen) atoms.